The van der Waals surface area contributed by atoms with Crippen LogP contribution in [0, 0.1) is 0 Å². The molecule has 1 unspecified atom stereocenters. The molecule has 1 aliphatic heterocycles. The highest BCUT2D eigenvalue weighted by Gasteiger charge is 2.26. The molecule has 0 radical (unpaired) electrons. The summed E-state index contributed by atoms with van der Waals surface area (Å²) in [6, 6.07) is 8.32. The van der Waals surface area contributed by atoms with Gasteiger partial charge in [-0.3, -0.25) is 4.79 Å². The van der Waals surface area contributed by atoms with Crippen molar-refractivity contribution in [3.63, 3.8) is 0 Å². The zero-order valence-corrected chi connectivity index (χ0v) is 11.5. The first-order valence-electron chi connectivity index (χ1n) is 6.44. The van der Waals surface area contributed by atoms with Crippen molar-refractivity contribution < 1.29 is 4.79 Å². The Kier molecular flexibility index (Phi) is 3.38. The van der Waals surface area contributed by atoms with Crippen LogP contribution < -0.4 is 5.32 Å². The Morgan fingerprint density at radius 2 is 2.11 bits per heavy atom. The standard InChI is InChI=1S/C14H15N3OS/c1-9-13(18)15-14(19-9)17-16-12-8-4-6-10-5-2-3-7-11(10)12/h2-3,5,7,9H,4,6,8H2,1H3,(H,15,17,18)/b16-12+. The minimum absolute atomic E-state index is 0.00740. The van der Waals surface area contributed by atoms with Gasteiger partial charge in [0, 0.05) is 5.56 Å². The van der Waals surface area contributed by atoms with Gasteiger partial charge in [-0.2, -0.15) is 5.10 Å². The van der Waals surface area contributed by atoms with Crippen molar-refractivity contribution in [1.29, 1.82) is 0 Å². The van der Waals surface area contributed by atoms with Crippen LogP contribution in [0.4, 0.5) is 0 Å². The molecule has 5 heteroatoms. The van der Waals surface area contributed by atoms with Gasteiger partial charge in [0.05, 0.1) is 11.0 Å². The average molecular weight is 273 g/mol. The van der Waals surface area contributed by atoms with Crippen LogP contribution in [0.3, 0.4) is 0 Å². The summed E-state index contributed by atoms with van der Waals surface area (Å²) >= 11 is 1.43. The van der Waals surface area contributed by atoms with Gasteiger partial charge in [-0.05, 0) is 31.7 Å². The molecule has 1 fully saturated rings. The zero-order chi connectivity index (χ0) is 13.2. The number of hydrogen-bond donors (Lipinski definition) is 1. The van der Waals surface area contributed by atoms with Gasteiger partial charge in [0.1, 0.15) is 0 Å². The molecule has 3 rings (SSSR count). The lowest BCUT2D eigenvalue weighted by molar-refractivity contribution is -0.118. The molecule has 1 saturated heterocycles. The van der Waals surface area contributed by atoms with Gasteiger partial charge in [0.25, 0.3) is 0 Å². The van der Waals surface area contributed by atoms with Gasteiger partial charge in [0.15, 0.2) is 5.17 Å². The summed E-state index contributed by atoms with van der Waals surface area (Å²) in [7, 11) is 0. The van der Waals surface area contributed by atoms with Gasteiger partial charge < -0.3 is 5.32 Å². The Hall–Kier alpha value is -1.62. The quantitative estimate of drug-likeness (QED) is 0.798. The first-order valence-corrected chi connectivity index (χ1v) is 7.32. The lowest BCUT2D eigenvalue weighted by Crippen LogP contribution is -2.23. The molecule has 2 aliphatic rings. The largest absolute Gasteiger partial charge is 0.303 e. The van der Waals surface area contributed by atoms with Crippen molar-refractivity contribution in [1.82, 2.24) is 5.32 Å². The van der Waals surface area contributed by atoms with E-state index in [1.54, 1.807) is 0 Å². The minimum atomic E-state index is -0.0717. The van der Waals surface area contributed by atoms with E-state index in [-0.39, 0.29) is 11.2 Å². The maximum absolute atomic E-state index is 11.4. The highest BCUT2D eigenvalue weighted by Crippen LogP contribution is 2.22. The monoisotopic (exact) mass is 273 g/mol. The van der Waals surface area contributed by atoms with Gasteiger partial charge in [-0.15, -0.1) is 5.10 Å². The number of benzene rings is 1. The number of amides is 1. The summed E-state index contributed by atoms with van der Waals surface area (Å²) < 4.78 is 0. The SMILES string of the molecule is CC1SC(=N/N=C2\CCCc3ccccc32)NC1=O. The van der Waals surface area contributed by atoms with Gasteiger partial charge in [-0.25, -0.2) is 0 Å². The Morgan fingerprint density at radius 1 is 1.26 bits per heavy atom. The smallest absolute Gasteiger partial charge is 0.239 e. The Labute approximate surface area is 116 Å². The maximum atomic E-state index is 11.4. The van der Waals surface area contributed by atoms with Crippen molar-refractivity contribution in [2.24, 2.45) is 10.2 Å². The molecule has 0 spiro atoms. The van der Waals surface area contributed by atoms with E-state index >= 15 is 0 Å². The second-order valence-corrected chi connectivity index (χ2v) is 6.04. The molecule has 0 saturated carbocycles. The van der Waals surface area contributed by atoms with Crippen LogP contribution in [0.5, 0.6) is 0 Å². The number of nitrogens with one attached hydrogen (secondary N) is 1. The van der Waals surface area contributed by atoms with E-state index in [0.717, 1.165) is 25.0 Å². The van der Waals surface area contributed by atoms with E-state index in [0.29, 0.717) is 5.17 Å². The number of thioether (sulfide) groups is 1. The molecule has 98 valence electrons. The van der Waals surface area contributed by atoms with Crippen LogP contribution in [-0.2, 0) is 11.2 Å². The first kappa shape index (κ1) is 12.4. The van der Waals surface area contributed by atoms with E-state index in [1.807, 2.05) is 13.0 Å². The number of amidine groups is 1. The molecule has 19 heavy (non-hydrogen) atoms. The van der Waals surface area contributed by atoms with Crippen molar-refractivity contribution in [3.05, 3.63) is 35.4 Å². The maximum Gasteiger partial charge on any atom is 0.239 e. The van der Waals surface area contributed by atoms with Gasteiger partial charge in [0.2, 0.25) is 5.91 Å². The number of fused-ring (bicyclic) bond motifs is 1. The van der Waals surface area contributed by atoms with Crippen LogP contribution in [0.1, 0.15) is 30.9 Å². The summed E-state index contributed by atoms with van der Waals surface area (Å²) in [6.07, 6.45) is 3.16. The predicted octanol–water partition coefficient (Wildman–Crippen LogP) is 2.33. The second kappa shape index (κ2) is 5.17. The Balaban J connectivity index is 1.86. The molecule has 0 aromatic heterocycles. The number of carbonyl (C=O) groups is 1. The normalized spacial score (nSPS) is 26.6. The summed E-state index contributed by atoms with van der Waals surface area (Å²) in [5.74, 6) is 0.00740. The molecule has 1 amide bonds. The molecular weight excluding hydrogens is 258 g/mol. The van der Waals surface area contributed by atoms with E-state index in [4.69, 9.17) is 0 Å². The van der Waals surface area contributed by atoms with Crippen molar-refractivity contribution in [2.75, 3.05) is 0 Å². The molecule has 1 atom stereocenters. The lowest BCUT2D eigenvalue weighted by Gasteiger charge is -2.16. The van der Waals surface area contributed by atoms with E-state index in [1.165, 1.54) is 22.9 Å². The van der Waals surface area contributed by atoms with Crippen molar-refractivity contribution in [3.8, 4) is 0 Å². The fraction of sp³-hybridized carbons (Fsp3) is 0.357. The van der Waals surface area contributed by atoms with Crippen LogP contribution in [0.15, 0.2) is 34.5 Å². The second-order valence-electron chi connectivity index (χ2n) is 4.71. The molecule has 4 nitrogen and oxygen atoms in total. The number of rotatable bonds is 1. The lowest BCUT2D eigenvalue weighted by atomic mass is 9.90. The summed E-state index contributed by atoms with van der Waals surface area (Å²) in [4.78, 5) is 11.4. The molecule has 1 aliphatic carbocycles. The van der Waals surface area contributed by atoms with Crippen LogP contribution in [-0.4, -0.2) is 22.0 Å². The minimum Gasteiger partial charge on any atom is -0.303 e. The van der Waals surface area contributed by atoms with Crippen LogP contribution >= 0.6 is 11.8 Å². The summed E-state index contributed by atoms with van der Waals surface area (Å²) in [5.41, 5.74) is 3.55. The first-order chi connectivity index (χ1) is 9.24. The average Bonchev–Trinajstić information content (AvgIpc) is 2.75. The molecule has 1 aromatic rings. The van der Waals surface area contributed by atoms with E-state index in [2.05, 4.69) is 33.7 Å². The summed E-state index contributed by atoms with van der Waals surface area (Å²) in [5, 5.41) is 11.8. The third-order valence-corrected chi connectivity index (χ3v) is 4.31. The molecule has 1 N–H and O–H groups in total. The molecule has 1 aromatic carbocycles. The summed E-state index contributed by atoms with van der Waals surface area (Å²) in [6.45, 7) is 1.87. The van der Waals surface area contributed by atoms with Gasteiger partial charge in [-0.1, -0.05) is 36.0 Å². The van der Waals surface area contributed by atoms with E-state index in [9.17, 15) is 4.79 Å². The van der Waals surface area contributed by atoms with Crippen molar-refractivity contribution >= 4 is 28.5 Å². The predicted molar refractivity (Wildman–Crippen MR) is 78.5 cm³/mol. The highest BCUT2D eigenvalue weighted by molar-refractivity contribution is 8.15. The number of nitrogens with zero attached hydrogens (tertiary/aromatic N) is 2. The number of aryl methyl sites for hydroxylation is 1. The number of hydrogen-bond acceptors (Lipinski definition) is 4. The van der Waals surface area contributed by atoms with Crippen LogP contribution in [0.25, 0.3) is 0 Å². The Morgan fingerprint density at radius 3 is 2.89 bits per heavy atom. The zero-order valence-electron chi connectivity index (χ0n) is 10.7. The third-order valence-electron chi connectivity index (χ3n) is 3.34. The molecule has 0 bridgehead atoms. The van der Waals surface area contributed by atoms with Crippen molar-refractivity contribution in [2.45, 2.75) is 31.4 Å². The van der Waals surface area contributed by atoms with E-state index < -0.39 is 0 Å². The highest BCUT2D eigenvalue weighted by atomic mass is 32.2. The third kappa shape index (κ3) is 2.56. The molecule has 1 heterocycles. The number of carbonyl (C=O) groups excluding carboxylic acids is 1. The fourth-order valence-corrected chi connectivity index (χ4v) is 3.06. The topological polar surface area (TPSA) is 53.8 Å². The van der Waals surface area contributed by atoms with Gasteiger partial charge >= 0.3 is 0 Å². The Bertz CT molecular complexity index is 580. The fourth-order valence-electron chi connectivity index (χ4n) is 2.32. The molecular formula is C14H15N3OS. The van der Waals surface area contributed by atoms with Crippen LogP contribution in [0.2, 0.25) is 0 Å².